The molecule has 4 rings (SSSR count). The molecule has 1 aromatic heterocycles. The number of para-hydroxylation sites is 1. The smallest absolute Gasteiger partial charge is 0.233 e. The molecule has 2 N–H and O–H groups in total. The Labute approximate surface area is 185 Å². The van der Waals surface area contributed by atoms with Gasteiger partial charge in [0.2, 0.25) is 11.0 Å². The number of benzene rings is 2. The molecule has 8 heteroatoms. The van der Waals surface area contributed by atoms with Crippen LogP contribution in [-0.4, -0.2) is 45.4 Å². The number of aromatic nitrogens is 2. The van der Waals surface area contributed by atoms with E-state index in [2.05, 4.69) is 50.0 Å². The van der Waals surface area contributed by atoms with E-state index in [-0.39, 0.29) is 17.2 Å². The molecule has 0 radical (unpaired) electrons. The quantitative estimate of drug-likeness (QED) is 0.514. The third-order valence-corrected chi connectivity index (χ3v) is 6.97. The van der Waals surface area contributed by atoms with Gasteiger partial charge in [-0.2, -0.15) is 0 Å². The zero-order valence-electron chi connectivity index (χ0n) is 16.8. The van der Waals surface area contributed by atoms with Gasteiger partial charge < -0.3 is 10.6 Å². The van der Waals surface area contributed by atoms with Crippen LogP contribution >= 0.6 is 23.1 Å². The molecule has 0 bridgehead atoms. The van der Waals surface area contributed by atoms with Crippen molar-refractivity contribution in [2.24, 2.45) is 0 Å². The van der Waals surface area contributed by atoms with E-state index in [0.29, 0.717) is 0 Å². The SMILES string of the molecule is CC(Sc1nnc(Nc2ccccc2)s1)C(=O)NC1CCN(Cc2ccccc2)C1. The van der Waals surface area contributed by atoms with Crippen LogP contribution in [0.15, 0.2) is 65.0 Å². The van der Waals surface area contributed by atoms with Crippen LogP contribution in [-0.2, 0) is 11.3 Å². The highest BCUT2D eigenvalue weighted by molar-refractivity contribution is 8.02. The van der Waals surface area contributed by atoms with Crippen molar-refractivity contribution in [1.82, 2.24) is 20.4 Å². The summed E-state index contributed by atoms with van der Waals surface area (Å²) in [6.45, 7) is 4.75. The minimum atomic E-state index is -0.217. The zero-order valence-corrected chi connectivity index (χ0v) is 18.5. The van der Waals surface area contributed by atoms with Crippen LogP contribution < -0.4 is 10.6 Å². The zero-order chi connectivity index (χ0) is 20.8. The molecule has 0 saturated carbocycles. The Hall–Kier alpha value is -2.42. The first-order valence-corrected chi connectivity index (χ1v) is 11.7. The molecule has 156 valence electrons. The number of carbonyl (C=O) groups excluding carboxylic acids is 1. The van der Waals surface area contributed by atoms with Crippen LogP contribution in [0, 0.1) is 0 Å². The fourth-order valence-electron chi connectivity index (χ4n) is 3.41. The molecule has 1 fully saturated rings. The highest BCUT2D eigenvalue weighted by Crippen LogP contribution is 2.30. The molecular weight excluding hydrogens is 414 g/mol. The largest absolute Gasteiger partial charge is 0.351 e. The van der Waals surface area contributed by atoms with Gasteiger partial charge in [0.1, 0.15) is 0 Å². The monoisotopic (exact) mass is 439 g/mol. The van der Waals surface area contributed by atoms with E-state index < -0.39 is 0 Å². The fraction of sp³-hybridized carbons (Fsp3) is 0.318. The van der Waals surface area contributed by atoms with Crippen molar-refractivity contribution in [3.63, 3.8) is 0 Å². The normalized spacial score (nSPS) is 17.6. The first kappa shape index (κ1) is 20.8. The van der Waals surface area contributed by atoms with Crippen LogP contribution in [0.1, 0.15) is 18.9 Å². The molecule has 1 saturated heterocycles. The molecule has 1 aliphatic rings. The first-order chi connectivity index (χ1) is 14.7. The first-order valence-electron chi connectivity index (χ1n) is 10.0. The maximum absolute atomic E-state index is 12.7. The number of hydrogen-bond acceptors (Lipinski definition) is 7. The standard InChI is InChI=1S/C22H25N5OS2/c1-16(29-22-26-25-21(30-22)24-18-10-6-3-7-11-18)20(28)23-19-12-13-27(15-19)14-17-8-4-2-5-9-17/h2-11,16,19H,12-15H2,1H3,(H,23,28)(H,24,25). The predicted octanol–water partition coefficient (Wildman–Crippen LogP) is 4.15. The number of carbonyl (C=O) groups is 1. The molecule has 1 amide bonds. The van der Waals surface area contributed by atoms with E-state index in [1.54, 1.807) is 0 Å². The molecule has 6 nitrogen and oxygen atoms in total. The number of thioether (sulfide) groups is 1. The number of likely N-dealkylation sites (tertiary alicyclic amines) is 1. The maximum atomic E-state index is 12.7. The van der Waals surface area contributed by atoms with Gasteiger partial charge in [-0.15, -0.1) is 10.2 Å². The molecule has 2 unspecified atom stereocenters. The van der Waals surface area contributed by atoms with Crippen LogP contribution in [0.3, 0.4) is 0 Å². The van der Waals surface area contributed by atoms with Crippen LogP contribution in [0.4, 0.5) is 10.8 Å². The van der Waals surface area contributed by atoms with Gasteiger partial charge in [0.15, 0.2) is 4.34 Å². The minimum Gasteiger partial charge on any atom is -0.351 e. The van der Waals surface area contributed by atoms with E-state index in [9.17, 15) is 4.79 Å². The number of nitrogens with zero attached hydrogens (tertiary/aromatic N) is 3. The van der Waals surface area contributed by atoms with E-state index >= 15 is 0 Å². The summed E-state index contributed by atoms with van der Waals surface area (Å²) < 4.78 is 0.785. The number of hydrogen-bond donors (Lipinski definition) is 2. The van der Waals surface area contributed by atoms with Crippen LogP contribution in [0.5, 0.6) is 0 Å². The molecule has 2 aromatic carbocycles. The summed E-state index contributed by atoms with van der Waals surface area (Å²) in [5.41, 5.74) is 2.28. The molecule has 2 heterocycles. The Kier molecular flexibility index (Phi) is 6.99. The van der Waals surface area contributed by atoms with Gasteiger partial charge in [0.25, 0.3) is 0 Å². The van der Waals surface area contributed by atoms with Crippen molar-refractivity contribution >= 4 is 39.8 Å². The summed E-state index contributed by atoms with van der Waals surface area (Å²) in [5, 5.41) is 15.3. The molecular formula is C22H25N5OS2. The lowest BCUT2D eigenvalue weighted by Crippen LogP contribution is -2.40. The summed E-state index contributed by atoms with van der Waals surface area (Å²) in [7, 11) is 0. The van der Waals surface area contributed by atoms with Crippen molar-refractivity contribution < 1.29 is 4.79 Å². The Morgan fingerprint density at radius 2 is 1.90 bits per heavy atom. The summed E-state index contributed by atoms with van der Waals surface area (Å²) in [6, 6.07) is 20.5. The Balaban J connectivity index is 1.23. The maximum Gasteiger partial charge on any atom is 0.233 e. The lowest BCUT2D eigenvalue weighted by Gasteiger charge is -2.18. The topological polar surface area (TPSA) is 70.1 Å². The lowest BCUT2D eigenvalue weighted by molar-refractivity contribution is -0.120. The second-order valence-electron chi connectivity index (χ2n) is 7.34. The average molecular weight is 440 g/mol. The third kappa shape index (κ3) is 5.81. The number of rotatable bonds is 8. The number of anilines is 2. The van der Waals surface area contributed by atoms with Crippen molar-refractivity contribution in [2.75, 3.05) is 18.4 Å². The van der Waals surface area contributed by atoms with Gasteiger partial charge >= 0.3 is 0 Å². The van der Waals surface area contributed by atoms with Gasteiger partial charge in [-0.3, -0.25) is 9.69 Å². The van der Waals surface area contributed by atoms with Crippen molar-refractivity contribution in [2.45, 2.75) is 35.5 Å². The van der Waals surface area contributed by atoms with Crippen molar-refractivity contribution in [1.29, 1.82) is 0 Å². The van der Waals surface area contributed by atoms with Crippen molar-refractivity contribution in [3.8, 4) is 0 Å². The molecule has 30 heavy (non-hydrogen) atoms. The fourth-order valence-corrected chi connectivity index (χ4v) is 5.34. The van der Waals surface area contributed by atoms with Gasteiger partial charge in [-0.05, 0) is 31.0 Å². The average Bonchev–Trinajstić information content (AvgIpc) is 3.38. The van der Waals surface area contributed by atoms with E-state index in [4.69, 9.17) is 0 Å². The van der Waals surface area contributed by atoms with Gasteiger partial charge in [0.05, 0.1) is 5.25 Å². The second kappa shape index (κ2) is 10.1. The van der Waals surface area contributed by atoms with Crippen LogP contribution in [0.2, 0.25) is 0 Å². The molecule has 2 atom stereocenters. The summed E-state index contributed by atoms with van der Waals surface area (Å²) in [5.74, 6) is 0.0549. The molecule has 0 spiro atoms. The van der Waals surface area contributed by atoms with E-state index in [0.717, 1.165) is 41.2 Å². The Bertz CT molecular complexity index is 950. The van der Waals surface area contributed by atoms with E-state index in [1.165, 1.54) is 28.7 Å². The highest BCUT2D eigenvalue weighted by Gasteiger charge is 2.26. The summed E-state index contributed by atoms with van der Waals surface area (Å²) in [6.07, 6.45) is 0.986. The van der Waals surface area contributed by atoms with Crippen LogP contribution in [0.25, 0.3) is 0 Å². The highest BCUT2D eigenvalue weighted by atomic mass is 32.2. The Morgan fingerprint density at radius 3 is 2.67 bits per heavy atom. The summed E-state index contributed by atoms with van der Waals surface area (Å²) in [4.78, 5) is 15.0. The third-order valence-electron chi connectivity index (χ3n) is 4.95. The predicted molar refractivity (Wildman–Crippen MR) is 123 cm³/mol. The van der Waals surface area contributed by atoms with Crippen molar-refractivity contribution in [3.05, 3.63) is 66.2 Å². The van der Waals surface area contributed by atoms with Gasteiger partial charge in [-0.1, -0.05) is 71.6 Å². The van der Waals surface area contributed by atoms with Gasteiger partial charge in [0, 0.05) is 31.4 Å². The van der Waals surface area contributed by atoms with Gasteiger partial charge in [-0.25, -0.2) is 0 Å². The molecule has 3 aromatic rings. The summed E-state index contributed by atoms with van der Waals surface area (Å²) >= 11 is 2.91. The minimum absolute atomic E-state index is 0.0549. The Morgan fingerprint density at radius 1 is 1.17 bits per heavy atom. The number of nitrogens with one attached hydrogen (secondary N) is 2. The number of amides is 1. The van der Waals surface area contributed by atoms with E-state index in [1.807, 2.05) is 43.3 Å². The second-order valence-corrected chi connectivity index (χ2v) is 9.90. The lowest BCUT2D eigenvalue weighted by atomic mass is 10.2. The molecule has 1 aliphatic heterocycles. The molecule has 0 aliphatic carbocycles.